The number of nitrogens with zero attached hydrogens (tertiary/aromatic N) is 1. The van der Waals surface area contributed by atoms with Gasteiger partial charge in [-0.1, -0.05) is 13.8 Å². The van der Waals surface area contributed by atoms with Gasteiger partial charge in [0.2, 0.25) is 0 Å². The van der Waals surface area contributed by atoms with Crippen LogP contribution in [0.2, 0.25) is 0 Å². The Morgan fingerprint density at radius 2 is 2.15 bits per heavy atom. The van der Waals surface area contributed by atoms with Crippen LogP contribution in [0.5, 0.6) is 0 Å². The van der Waals surface area contributed by atoms with Crippen molar-refractivity contribution in [1.29, 1.82) is 0 Å². The number of aliphatic hydroxyl groups excluding tert-OH is 1. The van der Waals surface area contributed by atoms with Crippen molar-refractivity contribution in [3.05, 3.63) is 24.2 Å². The van der Waals surface area contributed by atoms with Gasteiger partial charge in [-0.2, -0.15) is 0 Å². The van der Waals surface area contributed by atoms with Gasteiger partial charge in [0.25, 0.3) is 0 Å². The second-order valence-corrected chi connectivity index (χ2v) is 4.95. The molecule has 5 nitrogen and oxygen atoms in total. The van der Waals surface area contributed by atoms with Crippen LogP contribution in [0.25, 0.3) is 0 Å². The Kier molecular flexibility index (Phi) is 7.80. The van der Waals surface area contributed by atoms with Crippen LogP contribution in [0.4, 0.5) is 0 Å². The van der Waals surface area contributed by atoms with Crippen molar-refractivity contribution in [3.8, 4) is 0 Å². The van der Waals surface area contributed by atoms with Gasteiger partial charge in [0, 0.05) is 19.0 Å². The monoisotopic (exact) mass is 281 g/mol. The summed E-state index contributed by atoms with van der Waals surface area (Å²) in [6.45, 7) is 7.04. The summed E-state index contributed by atoms with van der Waals surface area (Å²) >= 11 is 0. The average molecular weight is 281 g/mol. The third kappa shape index (κ3) is 6.10. The molecule has 1 aromatic heterocycles. The molecule has 1 rings (SSSR count). The Hall–Kier alpha value is -1.49. The van der Waals surface area contributed by atoms with Crippen molar-refractivity contribution in [1.82, 2.24) is 10.6 Å². The van der Waals surface area contributed by atoms with Gasteiger partial charge in [-0.25, -0.2) is 0 Å². The van der Waals surface area contributed by atoms with E-state index in [4.69, 9.17) is 4.42 Å². The first-order valence-electron chi connectivity index (χ1n) is 7.40. The van der Waals surface area contributed by atoms with Gasteiger partial charge in [-0.3, -0.25) is 4.99 Å². The minimum Gasteiger partial charge on any atom is -0.469 e. The second-order valence-electron chi connectivity index (χ2n) is 4.95. The molecule has 0 radical (unpaired) electrons. The third-order valence-corrected chi connectivity index (χ3v) is 3.26. The summed E-state index contributed by atoms with van der Waals surface area (Å²) in [5.74, 6) is 1.69. The van der Waals surface area contributed by atoms with Crippen LogP contribution in [0.3, 0.4) is 0 Å². The maximum atomic E-state index is 9.28. The van der Waals surface area contributed by atoms with E-state index in [1.165, 1.54) is 0 Å². The number of hydrogen-bond donors (Lipinski definition) is 3. The predicted octanol–water partition coefficient (Wildman–Crippen LogP) is 1.93. The van der Waals surface area contributed by atoms with E-state index in [0.717, 1.165) is 31.0 Å². The van der Waals surface area contributed by atoms with Gasteiger partial charge >= 0.3 is 0 Å². The number of nitrogens with one attached hydrogen (secondary N) is 2. The van der Waals surface area contributed by atoms with E-state index < -0.39 is 0 Å². The summed E-state index contributed by atoms with van der Waals surface area (Å²) in [6.07, 6.45) is 4.33. The normalized spacial score (nSPS) is 14.9. The van der Waals surface area contributed by atoms with E-state index in [-0.39, 0.29) is 12.6 Å². The summed E-state index contributed by atoms with van der Waals surface area (Å²) in [7, 11) is 0. The summed E-state index contributed by atoms with van der Waals surface area (Å²) in [5.41, 5.74) is 0. The topological polar surface area (TPSA) is 69.8 Å². The molecule has 0 aromatic carbocycles. The Bertz CT molecular complexity index is 372. The molecule has 0 amide bonds. The fraction of sp³-hybridized carbons (Fsp3) is 0.667. The molecule has 5 heteroatoms. The second kappa shape index (κ2) is 9.42. The molecule has 0 aliphatic rings. The van der Waals surface area contributed by atoms with Crippen LogP contribution in [0, 0.1) is 0 Å². The Labute approximate surface area is 121 Å². The number of aliphatic hydroxyl groups is 1. The smallest absolute Gasteiger partial charge is 0.191 e. The average Bonchev–Trinajstić information content (AvgIpc) is 2.97. The van der Waals surface area contributed by atoms with Gasteiger partial charge in [-0.15, -0.1) is 0 Å². The van der Waals surface area contributed by atoms with E-state index in [9.17, 15) is 5.11 Å². The lowest BCUT2D eigenvalue weighted by Crippen LogP contribution is -2.47. The fourth-order valence-corrected chi connectivity index (χ4v) is 1.67. The predicted molar refractivity (Wildman–Crippen MR) is 81.9 cm³/mol. The highest BCUT2D eigenvalue weighted by Crippen LogP contribution is 2.01. The van der Waals surface area contributed by atoms with Gasteiger partial charge in [-0.05, 0) is 31.9 Å². The van der Waals surface area contributed by atoms with Crippen LogP contribution in [0.1, 0.15) is 39.4 Å². The fourth-order valence-electron chi connectivity index (χ4n) is 1.67. The highest BCUT2D eigenvalue weighted by molar-refractivity contribution is 5.80. The molecule has 3 N–H and O–H groups in total. The summed E-state index contributed by atoms with van der Waals surface area (Å²) in [5, 5.41) is 15.9. The Balaban J connectivity index is 2.55. The number of hydrogen-bond acceptors (Lipinski definition) is 3. The largest absolute Gasteiger partial charge is 0.469 e. The Morgan fingerprint density at radius 1 is 1.35 bits per heavy atom. The van der Waals surface area contributed by atoms with Crippen molar-refractivity contribution in [2.45, 2.75) is 52.1 Å². The van der Waals surface area contributed by atoms with E-state index >= 15 is 0 Å². The lowest BCUT2D eigenvalue weighted by molar-refractivity contribution is 0.251. The molecule has 1 unspecified atom stereocenters. The van der Waals surface area contributed by atoms with Gasteiger partial charge in [0.15, 0.2) is 5.96 Å². The van der Waals surface area contributed by atoms with E-state index in [2.05, 4.69) is 29.5 Å². The highest BCUT2D eigenvalue weighted by atomic mass is 16.3. The quantitative estimate of drug-likeness (QED) is 0.503. The maximum Gasteiger partial charge on any atom is 0.191 e. The molecule has 0 saturated carbocycles. The van der Waals surface area contributed by atoms with Crippen LogP contribution in [-0.2, 0) is 6.42 Å². The zero-order chi connectivity index (χ0) is 14.8. The minimum absolute atomic E-state index is 0.0360. The van der Waals surface area contributed by atoms with Crippen LogP contribution in [0.15, 0.2) is 27.8 Å². The number of guanidine groups is 1. The van der Waals surface area contributed by atoms with Crippen molar-refractivity contribution < 1.29 is 9.52 Å². The molecule has 1 aromatic rings. The first kappa shape index (κ1) is 16.6. The molecule has 0 bridgehead atoms. The summed E-state index contributed by atoms with van der Waals surface area (Å²) < 4.78 is 5.29. The molecule has 0 aliphatic carbocycles. The lowest BCUT2D eigenvalue weighted by Gasteiger charge is -2.21. The molecule has 0 fully saturated rings. The van der Waals surface area contributed by atoms with Crippen molar-refractivity contribution >= 4 is 5.96 Å². The first-order valence-corrected chi connectivity index (χ1v) is 7.40. The number of rotatable bonds is 8. The van der Waals surface area contributed by atoms with Crippen LogP contribution >= 0.6 is 0 Å². The standard InChI is InChI=1S/C15H27N3O2/c1-4-12(3)17-15(18-13(5-2)11-19)16-9-8-14-7-6-10-20-14/h6-7,10,12-13,19H,4-5,8-9,11H2,1-3H3,(H2,16,17,18)/t12?,13-/m1/s1. The molecule has 114 valence electrons. The van der Waals surface area contributed by atoms with Gasteiger partial charge in [0.05, 0.1) is 18.9 Å². The molecule has 2 atom stereocenters. The SMILES string of the molecule is CCC(C)NC(=NCCc1ccco1)N[C@H](CC)CO. The van der Waals surface area contributed by atoms with E-state index in [0.29, 0.717) is 12.6 Å². The maximum absolute atomic E-state index is 9.28. The first-order chi connectivity index (χ1) is 9.69. The zero-order valence-electron chi connectivity index (χ0n) is 12.7. The van der Waals surface area contributed by atoms with E-state index in [1.54, 1.807) is 6.26 Å². The Morgan fingerprint density at radius 3 is 2.70 bits per heavy atom. The lowest BCUT2D eigenvalue weighted by atomic mass is 10.2. The zero-order valence-corrected chi connectivity index (χ0v) is 12.7. The third-order valence-electron chi connectivity index (χ3n) is 3.26. The molecule has 0 saturated heterocycles. The molecular formula is C15H27N3O2. The van der Waals surface area contributed by atoms with Gasteiger partial charge < -0.3 is 20.2 Å². The molecule has 1 heterocycles. The van der Waals surface area contributed by atoms with Gasteiger partial charge in [0.1, 0.15) is 5.76 Å². The van der Waals surface area contributed by atoms with Crippen molar-refractivity contribution in [3.63, 3.8) is 0 Å². The van der Waals surface area contributed by atoms with Crippen LogP contribution in [-0.4, -0.2) is 36.3 Å². The van der Waals surface area contributed by atoms with Crippen LogP contribution < -0.4 is 10.6 Å². The van der Waals surface area contributed by atoms with Crippen molar-refractivity contribution in [2.75, 3.05) is 13.2 Å². The summed E-state index contributed by atoms with van der Waals surface area (Å²) in [4.78, 5) is 4.55. The highest BCUT2D eigenvalue weighted by Gasteiger charge is 2.09. The molecule has 0 aliphatic heterocycles. The molecule has 0 spiro atoms. The minimum atomic E-state index is 0.0360. The number of furan rings is 1. The van der Waals surface area contributed by atoms with E-state index in [1.807, 2.05) is 19.1 Å². The molecular weight excluding hydrogens is 254 g/mol. The van der Waals surface area contributed by atoms with Crippen molar-refractivity contribution in [2.24, 2.45) is 4.99 Å². The summed E-state index contributed by atoms with van der Waals surface area (Å²) in [6, 6.07) is 4.22. The molecule has 20 heavy (non-hydrogen) atoms. The number of aliphatic imine (C=N–C) groups is 1.